The van der Waals surface area contributed by atoms with Crippen molar-refractivity contribution in [3.8, 4) is 0 Å². The first kappa shape index (κ1) is 22.0. The van der Waals surface area contributed by atoms with Gasteiger partial charge in [-0.3, -0.25) is 4.79 Å². The lowest BCUT2D eigenvalue weighted by atomic mass is 10.1. The third-order valence-corrected chi connectivity index (χ3v) is 5.41. The summed E-state index contributed by atoms with van der Waals surface area (Å²) >= 11 is 0. The molecule has 0 unspecified atom stereocenters. The quantitative estimate of drug-likeness (QED) is 0.621. The Kier molecular flexibility index (Phi) is 8.57. The molecule has 0 atom stereocenters. The fourth-order valence-electron chi connectivity index (χ4n) is 1.86. The van der Waals surface area contributed by atoms with E-state index in [-0.39, 0.29) is 31.1 Å². The monoisotopic (exact) mass is 385 g/mol. The molecule has 0 bridgehead atoms. The zero-order valence-electron chi connectivity index (χ0n) is 15.5. The van der Waals surface area contributed by atoms with Gasteiger partial charge in [0.1, 0.15) is 12.2 Å². The number of nitrogens with one attached hydrogen (secondary N) is 1. The number of sulfone groups is 1. The van der Waals surface area contributed by atoms with Crippen molar-refractivity contribution in [2.45, 2.75) is 45.8 Å². The molecule has 0 saturated heterocycles. The second-order valence-corrected chi connectivity index (χ2v) is 8.78. The third-order valence-electron chi connectivity index (χ3n) is 3.75. The molecule has 7 nitrogen and oxygen atoms in total. The average Bonchev–Trinajstić information content (AvgIpc) is 2.59. The zero-order valence-corrected chi connectivity index (χ0v) is 16.3. The SMILES string of the molecule is CCC(C)(C)OC(=O)CCS(=O)(=O)CCNC(=O)OCc1ccccc1. The molecular weight excluding hydrogens is 358 g/mol. The highest BCUT2D eigenvalue weighted by Crippen LogP contribution is 2.14. The van der Waals surface area contributed by atoms with Crippen LogP contribution >= 0.6 is 0 Å². The molecule has 0 saturated carbocycles. The van der Waals surface area contributed by atoms with Crippen LogP contribution in [-0.2, 0) is 30.7 Å². The van der Waals surface area contributed by atoms with Crippen molar-refractivity contribution in [2.75, 3.05) is 18.1 Å². The Hall–Kier alpha value is -2.09. The lowest BCUT2D eigenvalue weighted by Gasteiger charge is -2.23. The smallest absolute Gasteiger partial charge is 0.407 e. The lowest BCUT2D eigenvalue weighted by Crippen LogP contribution is -2.31. The maximum absolute atomic E-state index is 11.9. The number of carbonyl (C=O) groups excluding carboxylic acids is 2. The van der Waals surface area contributed by atoms with Gasteiger partial charge in [0.2, 0.25) is 0 Å². The van der Waals surface area contributed by atoms with Crippen LogP contribution in [0.2, 0.25) is 0 Å². The van der Waals surface area contributed by atoms with Crippen LogP contribution in [0.1, 0.15) is 39.2 Å². The molecule has 1 amide bonds. The molecule has 0 aliphatic carbocycles. The van der Waals surface area contributed by atoms with E-state index in [4.69, 9.17) is 9.47 Å². The molecular formula is C18H27NO6S. The van der Waals surface area contributed by atoms with Crippen molar-refractivity contribution < 1.29 is 27.5 Å². The fraction of sp³-hybridized carbons (Fsp3) is 0.556. The molecule has 8 heteroatoms. The number of ether oxygens (including phenoxy) is 2. The van der Waals surface area contributed by atoms with Gasteiger partial charge in [-0.15, -0.1) is 0 Å². The van der Waals surface area contributed by atoms with E-state index in [0.29, 0.717) is 6.42 Å². The van der Waals surface area contributed by atoms with Crippen molar-refractivity contribution in [2.24, 2.45) is 0 Å². The summed E-state index contributed by atoms with van der Waals surface area (Å²) < 4.78 is 34.1. The minimum absolute atomic E-state index is 0.0779. The maximum Gasteiger partial charge on any atom is 0.407 e. The third kappa shape index (κ3) is 9.41. The highest BCUT2D eigenvalue weighted by Gasteiger charge is 2.22. The summed E-state index contributed by atoms with van der Waals surface area (Å²) in [5.74, 6) is -1.12. The van der Waals surface area contributed by atoms with E-state index in [9.17, 15) is 18.0 Å². The number of esters is 1. The van der Waals surface area contributed by atoms with Crippen LogP contribution < -0.4 is 5.32 Å². The summed E-state index contributed by atoms with van der Waals surface area (Å²) in [6, 6.07) is 9.15. The zero-order chi connectivity index (χ0) is 19.6. The number of alkyl carbamates (subject to hydrolysis) is 1. The first-order valence-electron chi connectivity index (χ1n) is 8.50. The van der Waals surface area contributed by atoms with E-state index in [2.05, 4.69) is 5.32 Å². The molecule has 1 N–H and O–H groups in total. The molecule has 26 heavy (non-hydrogen) atoms. The van der Waals surface area contributed by atoms with Crippen LogP contribution in [0, 0.1) is 0 Å². The number of benzene rings is 1. The van der Waals surface area contributed by atoms with Gasteiger partial charge < -0.3 is 14.8 Å². The summed E-state index contributed by atoms with van der Waals surface area (Å²) in [4.78, 5) is 23.2. The van der Waals surface area contributed by atoms with Crippen molar-refractivity contribution in [3.63, 3.8) is 0 Å². The summed E-state index contributed by atoms with van der Waals surface area (Å²) in [6.45, 7) is 5.45. The van der Waals surface area contributed by atoms with Crippen LogP contribution in [0.3, 0.4) is 0 Å². The van der Waals surface area contributed by atoms with Gasteiger partial charge in [0.05, 0.1) is 17.9 Å². The van der Waals surface area contributed by atoms with Crippen LogP contribution in [-0.4, -0.2) is 44.1 Å². The van der Waals surface area contributed by atoms with Crippen LogP contribution in [0.25, 0.3) is 0 Å². The minimum atomic E-state index is -3.47. The van der Waals surface area contributed by atoms with E-state index < -0.39 is 27.5 Å². The van der Waals surface area contributed by atoms with Gasteiger partial charge in [0, 0.05) is 6.54 Å². The van der Waals surface area contributed by atoms with Gasteiger partial charge >= 0.3 is 12.1 Å². The highest BCUT2D eigenvalue weighted by atomic mass is 32.2. The second kappa shape index (κ2) is 10.2. The molecule has 1 aromatic carbocycles. The molecule has 0 fully saturated rings. The molecule has 0 heterocycles. The normalized spacial score (nSPS) is 11.7. The molecule has 0 aromatic heterocycles. The van der Waals surface area contributed by atoms with Gasteiger partial charge in [0.25, 0.3) is 0 Å². The Balaban J connectivity index is 2.26. The molecule has 0 aliphatic heterocycles. The van der Waals surface area contributed by atoms with Crippen LogP contribution in [0.4, 0.5) is 4.79 Å². The predicted molar refractivity (Wildman–Crippen MR) is 98.4 cm³/mol. The summed E-state index contributed by atoms with van der Waals surface area (Å²) in [5.41, 5.74) is 0.231. The fourth-order valence-corrected chi connectivity index (χ4v) is 2.95. The van der Waals surface area contributed by atoms with Crippen molar-refractivity contribution >= 4 is 21.9 Å². The number of rotatable bonds is 10. The second-order valence-electron chi connectivity index (χ2n) is 6.48. The molecule has 0 spiro atoms. The number of carbonyl (C=O) groups is 2. The Morgan fingerprint density at radius 3 is 2.38 bits per heavy atom. The number of hydrogen-bond acceptors (Lipinski definition) is 6. The molecule has 146 valence electrons. The van der Waals surface area contributed by atoms with E-state index in [1.165, 1.54) is 0 Å². The van der Waals surface area contributed by atoms with Crippen molar-refractivity contribution in [1.82, 2.24) is 5.32 Å². The van der Waals surface area contributed by atoms with Crippen LogP contribution in [0.5, 0.6) is 0 Å². The summed E-state index contributed by atoms with van der Waals surface area (Å²) in [7, 11) is -3.47. The Morgan fingerprint density at radius 1 is 1.12 bits per heavy atom. The Morgan fingerprint density at radius 2 is 1.77 bits per heavy atom. The minimum Gasteiger partial charge on any atom is -0.460 e. The Bertz CT molecular complexity index is 685. The summed E-state index contributed by atoms with van der Waals surface area (Å²) in [6.07, 6.45) is -0.252. The molecule has 1 rings (SSSR count). The number of hydrogen-bond donors (Lipinski definition) is 1. The van der Waals surface area contributed by atoms with Gasteiger partial charge in [0.15, 0.2) is 9.84 Å². The van der Waals surface area contributed by atoms with Crippen molar-refractivity contribution in [1.29, 1.82) is 0 Å². The highest BCUT2D eigenvalue weighted by molar-refractivity contribution is 7.91. The lowest BCUT2D eigenvalue weighted by molar-refractivity contribution is -0.156. The molecule has 0 aliphatic rings. The number of amides is 1. The van der Waals surface area contributed by atoms with E-state index in [1.54, 1.807) is 13.8 Å². The predicted octanol–water partition coefficient (Wildman–Crippen LogP) is 2.45. The Labute approximate surface area is 155 Å². The summed E-state index contributed by atoms with van der Waals surface area (Å²) in [5, 5.41) is 2.39. The van der Waals surface area contributed by atoms with Gasteiger partial charge in [-0.2, -0.15) is 0 Å². The molecule has 0 radical (unpaired) electrons. The van der Waals surface area contributed by atoms with E-state index in [1.807, 2.05) is 37.3 Å². The van der Waals surface area contributed by atoms with E-state index >= 15 is 0 Å². The maximum atomic E-state index is 11.9. The first-order chi connectivity index (χ1) is 12.1. The van der Waals surface area contributed by atoms with Gasteiger partial charge in [-0.1, -0.05) is 37.3 Å². The van der Waals surface area contributed by atoms with Crippen molar-refractivity contribution in [3.05, 3.63) is 35.9 Å². The first-order valence-corrected chi connectivity index (χ1v) is 10.3. The van der Waals surface area contributed by atoms with Crippen LogP contribution in [0.15, 0.2) is 30.3 Å². The largest absolute Gasteiger partial charge is 0.460 e. The average molecular weight is 385 g/mol. The van der Waals surface area contributed by atoms with Gasteiger partial charge in [-0.05, 0) is 25.8 Å². The molecule has 1 aromatic rings. The van der Waals surface area contributed by atoms with Gasteiger partial charge in [-0.25, -0.2) is 13.2 Å². The standard InChI is InChI=1S/C18H27NO6S/c1-4-18(2,3)25-16(20)10-12-26(22,23)13-11-19-17(21)24-14-15-8-6-5-7-9-15/h5-9H,4,10-14H2,1-3H3,(H,19,21). The topological polar surface area (TPSA) is 98.8 Å². The van der Waals surface area contributed by atoms with E-state index in [0.717, 1.165) is 5.56 Å².